The van der Waals surface area contributed by atoms with Crippen LogP contribution in [0.3, 0.4) is 0 Å². The van der Waals surface area contributed by atoms with E-state index in [-0.39, 0.29) is 25.3 Å². The molecule has 9 nitrogen and oxygen atoms in total. The third-order valence-corrected chi connectivity index (χ3v) is 4.61. The van der Waals surface area contributed by atoms with Crippen molar-refractivity contribution < 1.29 is 27.9 Å². The molecule has 2 amide bonds. The third-order valence-electron chi connectivity index (χ3n) is 4.61. The lowest BCUT2D eigenvalue weighted by molar-refractivity contribution is -0.141. The number of halogens is 3. The molecule has 0 bridgehead atoms. The Kier molecular flexibility index (Phi) is 8.19. The number of anilines is 1. The predicted molar refractivity (Wildman–Crippen MR) is 118 cm³/mol. The van der Waals surface area contributed by atoms with E-state index in [0.717, 1.165) is 10.9 Å². The maximum absolute atomic E-state index is 13.4. The van der Waals surface area contributed by atoms with Gasteiger partial charge < -0.3 is 21.1 Å². The monoisotopic (exact) mass is 476 g/mol. The van der Waals surface area contributed by atoms with E-state index >= 15 is 0 Å². The molecule has 12 heteroatoms. The zero-order valence-corrected chi connectivity index (χ0v) is 18.0. The van der Waals surface area contributed by atoms with Gasteiger partial charge in [-0.05, 0) is 30.7 Å². The first-order chi connectivity index (χ1) is 16.3. The van der Waals surface area contributed by atoms with E-state index in [1.54, 1.807) is 42.5 Å². The van der Waals surface area contributed by atoms with E-state index in [1.165, 1.54) is 6.20 Å². The Balaban J connectivity index is 1.55. The van der Waals surface area contributed by atoms with Gasteiger partial charge in [0.15, 0.2) is 5.69 Å². The number of pyridine rings is 1. The molecule has 3 aromatic rings. The largest absolute Gasteiger partial charge is 0.435 e. The molecule has 0 fully saturated rings. The van der Waals surface area contributed by atoms with Crippen LogP contribution in [-0.4, -0.2) is 57.9 Å². The Morgan fingerprint density at radius 2 is 1.68 bits per heavy atom. The van der Waals surface area contributed by atoms with Crippen LogP contribution in [0.25, 0.3) is 5.69 Å². The Bertz CT molecular complexity index is 1100. The fourth-order valence-electron chi connectivity index (χ4n) is 2.94. The summed E-state index contributed by atoms with van der Waals surface area (Å²) in [6.07, 6.45) is -1.86. The fraction of sp³-hybridized carbons (Fsp3) is 0.273. The van der Waals surface area contributed by atoms with Crippen LogP contribution < -0.4 is 16.0 Å². The number of hydrogen-bond donors (Lipinski definition) is 4. The quantitative estimate of drug-likeness (QED) is 0.333. The SMILES string of the molecule is O=C(NCCNC(=O)c1cn(-c2ccccc2)nc1C(F)(F)F)c1ccc(NCCCO)nc1. The zero-order chi connectivity index (χ0) is 24.6. The summed E-state index contributed by atoms with van der Waals surface area (Å²) in [5, 5.41) is 20.2. The Hall–Kier alpha value is -3.93. The van der Waals surface area contributed by atoms with Gasteiger partial charge in [0.2, 0.25) is 0 Å². The number of alkyl halides is 3. The van der Waals surface area contributed by atoms with Crippen molar-refractivity contribution in [2.45, 2.75) is 12.6 Å². The van der Waals surface area contributed by atoms with E-state index in [9.17, 15) is 22.8 Å². The van der Waals surface area contributed by atoms with Gasteiger partial charge in [-0.3, -0.25) is 9.59 Å². The predicted octanol–water partition coefficient (Wildman–Crippen LogP) is 2.24. The number of aliphatic hydroxyl groups excluding tert-OH is 1. The average molecular weight is 476 g/mol. The van der Waals surface area contributed by atoms with E-state index in [1.807, 2.05) is 0 Å². The highest BCUT2D eigenvalue weighted by Crippen LogP contribution is 2.31. The number of aromatic nitrogens is 3. The van der Waals surface area contributed by atoms with Crippen LogP contribution in [0.5, 0.6) is 0 Å². The molecule has 0 atom stereocenters. The number of benzene rings is 1. The van der Waals surface area contributed by atoms with Crippen molar-refractivity contribution in [1.29, 1.82) is 0 Å². The number of nitrogens with zero attached hydrogens (tertiary/aromatic N) is 3. The van der Waals surface area contributed by atoms with Crippen molar-refractivity contribution in [3.63, 3.8) is 0 Å². The summed E-state index contributed by atoms with van der Waals surface area (Å²) < 4.78 is 41.2. The standard InChI is InChI=1S/C22H23F3N6O3/c23-22(24,25)19-17(14-31(30-19)16-5-2-1-3-6-16)21(34)28-11-10-27-20(33)15-7-8-18(29-13-15)26-9-4-12-32/h1-3,5-8,13-14,32H,4,9-12H2,(H,26,29)(H,27,33)(H,28,34). The Morgan fingerprint density at radius 1 is 0.971 bits per heavy atom. The minimum Gasteiger partial charge on any atom is -0.396 e. The van der Waals surface area contributed by atoms with Crippen LogP contribution in [0.4, 0.5) is 19.0 Å². The summed E-state index contributed by atoms with van der Waals surface area (Å²) in [6.45, 7) is 0.494. The molecule has 0 radical (unpaired) electrons. The molecule has 2 aromatic heterocycles. The lowest BCUT2D eigenvalue weighted by atomic mass is 10.2. The fourth-order valence-corrected chi connectivity index (χ4v) is 2.94. The molecule has 2 heterocycles. The van der Waals surface area contributed by atoms with E-state index in [4.69, 9.17) is 5.11 Å². The van der Waals surface area contributed by atoms with E-state index in [0.29, 0.717) is 24.5 Å². The lowest BCUT2D eigenvalue weighted by Gasteiger charge is -2.09. The maximum Gasteiger partial charge on any atom is 0.435 e. The van der Waals surface area contributed by atoms with Crippen molar-refractivity contribution in [3.05, 3.63) is 71.7 Å². The molecule has 4 N–H and O–H groups in total. The van der Waals surface area contributed by atoms with Gasteiger partial charge in [-0.15, -0.1) is 0 Å². The summed E-state index contributed by atoms with van der Waals surface area (Å²) in [5.74, 6) is -0.853. The second kappa shape index (κ2) is 11.3. The van der Waals surface area contributed by atoms with Crippen LogP contribution in [0.2, 0.25) is 0 Å². The molecule has 1 aromatic carbocycles. The normalized spacial score (nSPS) is 11.2. The number of nitrogens with one attached hydrogen (secondary N) is 3. The van der Waals surface area contributed by atoms with Crippen molar-refractivity contribution in [3.8, 4) is 5.69 Å². The van der Waals surface area contributed by atoms with Crippen LogP contribution >= 0.6 is 0 Å². The van der Waals surface area contributed by atoms with Crippen LogP contribution in [0.15, 0.2) is 54.9 Å². The molecule has 0 aliphatic rings. The summed E-state index contributed by atoms with van der Waals surface area (Å²) in [6, 6.07) is 11.3. The van der Waals surface area contributed by atoms with Crippen molar-refractivity contribution >= 4 is 17.6 Å². The van der Waals surface area contributed by atoms with E-state index < -0.39 is 29.2 Å². The number of carbonyl (C=O) groups is 2. The van der Waals surface area contributed by atoms with Crippen molar-refractivity contribution in [2.75, 3.05) is 31.6 Å². The van der Waals surface area contributed by atoms with Crippen LogP contribution in [0.1, 0.15) is 32.8 Å². The smallest absolute Gasteiger partial charge is 0.396 e. The highest BCUT2D eigenvalue weighted by atomic mass is 19.4. The van der Waals surface area contributed by atoms with Gasteiger partial charge >= 0.3 is 6.18 Å². The summed E-state index contributed by atoms with van der Waals surface area (Å²) in [5.41, 5.74) is -1.25. The van der Waals surface area contributed by atoms with Gasteiger partial charge in [-0.25, -0.2) is 9.67 Å². The molecule has 0 saturated heterocycles. The molecule has 0 saturated carbocycles. The lowest BCUT2D eigenvalue weighted by Crippen LogP contribution is -2.35. The van der Waals surface area contributed by atoms with Gasteiger partial charge in [0.25, 0.3) is 11.8 Å². The van der Waals surface area contributed by atoms with Gasteiger partial charge in [0.05, 0.1) is 16.8 Å². The molecule has 180 valence electrons. The summed E-state index contributed by atoms with van der Waals surface area (Å²) in [4.78, 5) is 28.7. The minimum absolute atomic E-state index is 0.00471. The number of para-hydroxylation sites is 1. The zero-order valence-electron chi connectivity index (χ0n) is 18.0. The number of amides is 2. The second-order valence-electron chi connectivity index (χ2n) is 7.12. The van der Waals surface area contributed by atoms with Gasteiger partial charge in [-0.2, -0.15) is 18.3 Å². The van der Waals surface area contributed by atoms with Gasteiger partial charge in [0.1, 0.15) is 5.82 Å². The average Bonchev–Trinajstić information content (AvgIpc) is 3.29. The van der Waals surface area contributed by atoms with Crippen molar-refractivity contribution in [2.24, 2.45) is 0 Å². The highest BCUT2D eigenvalue weighted by molar-refractivity contribution is 5.96. The highest BCUT2D eigenvalue weighted by Gasteiger charge is 2.39. The van der Waals surface area contributed by atoms with E-state index in [2.05, 4.69) is 26.0 Å². The number of carbonyl (C=O) groups excluding carboxylic acids is 2. The van der Waals surface area contributed by atoms with Gasteiger partial charge in [0, 0.05) is 38.6 Å². The number of aliphatic hydroxyl groups is 1. The number of hydrogen-bond acceptors (Lipinski definition) is 6. The van der Waals surface area contributed by atoms with Gasteiger partial charge in [-0.1, -0.05) is 18.2 Å². The maximum atomic E-state index is 13.4. The Morgan fingerprint density at radius 3 is 2.29 bits per heavy atom. The first kappa shape index (κ1) is 24.7. The second-order valence-corrected chi connectivity index (χ2v) is 7.12. The van der Waals surface area contributed by atoms with Crippen LogP contribution in [-0.2, 0) is 6.18 Å². The molecule has 0 unspecified atom stereocenters. The first-order valence-corrected chi connectivity index (χ1v) is 10.4. The number of rotatable bonds is 10. The summed E-state index contributed by atoms with van der Waals surface area (Å²) in [7, 11) is 0. The molecule has 34 heavy (non-hydrogen) atoms. The van der Waals surface area contributed by atoms with Crippen molar-refractivity contribution in [1.82, 2.24) is 25.4 Å². The van der Waals surface area contributed by atoms with Crippen LogP contribution in [0, 0.1) is 0 Å². The summed E-state index contributed by atoms with van der Waals surface area (Å²) >= 11 is 0. The molecule has 0 spiro atoms. The molecule has 0 aliphatic heterocycles. The topological polar surface area (TPSA) is 121 Å². The molecular formula is C22H23F3N6O3. The molecule has 3 rings (SSSR count). The Labute approximate surface area is 193 Å². The third kappa shape index (κ3) is 6.54. The minimum atomic E-state index is -4.81. The molecular weight excluding hydrogens is 453 g/mol. The first-order valence-electron chi connectivity index (χ1n) is 10.4. The molecule has 0 aliphatic carbocycles.